The summed E-state index contributed by atoms with van der Waals surface area (Å²) in [6.45, 7) is 4.13. The van der Waals surface area contributed by atoms with Gasteiger partial charge in [0.25, 0.3) is 0 Å². The van der Waals surface area contributed by atoms with Crippen LogP contribution >= 0.6 is 0 Å². The van der Waals surface area contributed by atoms with Crippen LogP contribution in [0.2, 0.25) is 0 Å². The SMILES string of the molecule is Cc1ccccc1Cc1c(C)nc(N)n1C. The average molecular weight is 215 g/mol. The zero-order chi connectivity index (χ0) is 11.7. The van der Waals surface area contributed by atoms with Gasteiger partial charge in [0.1, 0.15) is 0 Å². The molecule has 3 nitrogen and oxygen atoms in total. The fourth-order valence-corrected chi connectivity index (χ4v) is 1.93. The number of benzene rings is 1. The molecule has 16 heavy (non-hydrogen) atoms. The van der Waals surface area contributed by atoms with Crippen LogP contribution < -0.4 is 5.73 Å². The highest BCUT2D eigenvalue weighted by Gasteiger charge is 2.10. The van der Waals surface area contributed by atoms with E-state index in [0.717, 1.165) is 12.1 Å². The van der Waals surface area contributed by atoms with E-state index in [0.29, 0.717) is 5.95 Å². The molecule has 2 N–H and O–H groups in total. The number of hydrogen-bond donors (Lipinski definition) is 1. The number of aromatic nitrogens is 2. The predicted octanol–water partition coefficient (Wildman–Crippen LogP) is 2.21. The lowest BCUT2D eigenvalue weighted by molar-refractivity contribution is 0.851. The maximum absolute atomic E-state index is 5.79. The summed E-state index contributed by atoms with van der Waals surface area (Å²) in [5.41, 5.74) is 10.6. The summed E-state index contributed by atoms with van der Waals surface area (Å²) in [5.74, 6) is 0.584. The highest BCUT2D eigenvalue weighted by molar-refractivity contribution is 5.35. The lowest BCUT2D eigenvalue weighted by Gasteiger charge is -2.07. The van der Waals surface area contributed by atoms with E-state index < -0.39 is 0 Å². The van der Waals surface area contributed by atoms with Gasteiger partial charge in [-0.2, -0.15) is 0 Å². The van der Waals surface area contributed by atoms with Gasteiger partial charge in [-0.25, -0.2) is 4.98 Å². The summed E-state index contributed by atoms with van der Waals surface area (Å²) in [7, 11) is 1.96. The van der Waals surface area contributed by atoms with Gasteiger partial charge in [-0.1, -0.05) is 24.3 Å². The topological polar surface area (TPSA) is 43.8 Å². The Morgan fingerprint density at radius 2 is 1.94 bits per heavy atom. The molecule has 0 spiro atoms. The zero-order valence-corrected chi connectivity index (χ0v) is 9.99. The van der Waals surface area contributed by atoms with E-state index in [2.05, 4.69) is 36.2 Å². The minimum atomic E-state index is 0.584. The largest absolute Gasteiger partial charge is 0.369 e. The average Bonchev–Trinajstić information content (AvgIpc) is 2.48. The summed E-state index contributed by atoms with van der Waals surface area (Å²) in [4.78, 5) is 4.28. The smallest absolute Gasteiger partial charge is 0.200 e. The van der Waals surface area contributed by atoms with Crippen molar-refractivity contribution in [1.82, 2.24) is 9.55 Å². The summed E-state index contributed by atoms with van der Waals surface area (Å²) in [5, 5.41) is 0. The van der Waals surface area contributed by atoms with Crippen LogP contribution in [0.4, 0.5) is 5.95 Å². The Balaban J connectivity index is 2.38. The Morgan fingerprint density at radius 1 is 1.25 bits per heavy atom. The molecule has 0 aliphatic carbocycles. The number of rotatable bonds is 2. The molecule has 0 atom stereocenters. The molecule has 0 bridgehead atoms. The van der Waals surface area contributed by atoms with E-state index in [1.807, 2.05) is 18.5 Å². The molecule has 2 aromatic rings. The van der Waals surface area contributed by atoms with Crippen LogP contribution in [-0.4, -0.2) is 9.55 Å². The van der Waals surface area contributed by atoms with E-state index >= 15 is 0 Å². The molecule has 0 saturated carbocycles. The lowest BCUT2D eigenvalue weighted by Crippen LogP contribution is -2.03. The zero-order valence-electron chi connectivity index (χ0n) is 9.99. The van der Waals surface area contributed by atoms with E-state index in [-0.39, 0.29) is 0 Å². The molecule has 3 heteroatoms. The van der Waals surface area contributed by atoms with Crippen molar-refractivity contribution < 1.29 is 0 Å². The van der Waals surface area contributed by atoms with Crippen molar-refractivity contribution in [2.75, 3.05) is 5.73 Å². The maximum atomic E-state index is 5.79. The second-order valence-corrected chi connectivity index (χ2v) is 4.16. The number of imidazole rings is 1. The van der Waals surface area contributed by atoms with Gasteiger partial charge in [0.05, 0.1) is 5.69 Å². The third-order valence-corrected chi connectivity index (χ3v) is 3.07. The molecule has 0 unspecified atom stereocenters. The molecular weight excluding hydrogens is 198 g/mol. The van der Waals surface area contributed by atoms with Crippen LogP contribution in [-0.2, 0) is 13.5 Å². The lowest BCUT2D eigenvalue weighted by atomic mass is 10.0. The van der Waals surface area contributed by atoms with Gasteiger partial charge >= 0.3 is 0 Å². The summed E-state index contributed by atoms with van der Waals surface area (Å²) < 4.78 is 1.96. The van der Waals surface area contributed by atoms with Crippen LogP contribution in [0.3, 0.4) is 0 Å². The van der Waals surface area contributed by atoms with Crippen molar-refractivity contribution in [2.45, 2.75) is 20.3 Å². The molecule has 0 fully saturated rings. The monoisotopic (exact) mass is 215 g/mol. The van der Waals surface area contributed by atoms with Gasteiger partial charge in [0, 0.05) is 19.2 Å². The van der Waals surface area contributed by atoms with Gasteiger partial charge in [-0.3, -0.25) is 0 Å². The molecule has 1 aromatic carbocycles. The molecule has 0 aliphatic rings. The third kappa shape index (κ3) is 1.81. The van der Waals surface area contributed by atoms with Gasteiger partial charge in [-0.05, 0) is 25.0 Å². The number of nitrogen functional groups attached to an aromatic ring is 1. The van der Waals surface area contributed by atoms with Gasteiger partial charge in [-0.15, -0.1) is 0 Å². The van der Waals surface area contributed by atoms with Gasteiger partial charge in [0.15, 0.2) is 5.95 Å². The normalized spacial score (nSPS) is 10.7. The molecule has 84 valence electrons. The summed E-state index contributed by atoms with van der Waals surface area (Å²) in [6.07, 6.45) is 0.888. The maximum Gasteiger partial charge on any atom is 0.200 e. The highest BCUT2D eigenvalue weighted by atomic mass is 15.1. The summed E-state index contributed by atoms with van der Waals surface area (Å²) in [6, 6.07) is 8.41. The number of anilines is 1. The Bertz CT molecular complexity index is 512. The van der Waals surface area contributed by atoms with Crippen LogP contribution in [0.25, 0.3) is 0 Å². The first-order valence-corrected chi connectivity index (χ1v) is 5.41. The molecule has 1 heterocycles. The molecule has 0 aliphatic heterocycles. The Labute approximate surface area is 95.9 Å². The molecule has 0 saturated heterocycles. The number of hydrogen-bond acceptors (Lipinski definition) is 2. The third-order valence-electron chi connectivity index (χ3n) is 3.07. The quantitative estimate of drug-likeness (QED) is 0.834. The highest BCUT2D eigenvalue weighted by Crippen LogP contribution is 2.17. The van der Waals surface area contributed by atoms with Crippen LogP contribution in [0, 0.1) is 13.8 Å². The van der Waals surface area contributed by atoms with Crippen LogP contribution in [0.1, 0.15) is 22.5 Å². The first-order chi connectivity index (χ1) is 7.59. The van der Waals surface area contributed by atoms with Crippen molar-refractivity contribution in [3.05, 3.63) is 46.8 Å². The van der Waals surface area contributed by atoms with Crippen molar-refractivity contribution in [2.24, 2.45) is 7.05 Å². The van der Waals surface area contributed by atoms with Crippen LogP contribution in [0.5, 0.6) is 0 Å². The van der Waals surface area contributed by atoms with E-state index in [1.165, 1.54) is 16.8 Å². The molecular formula is C13H17N3. The Kier molecular flexibility index (Phi) is 2.69. The van der Waals surface area contributed by atoms with Crippen molar-refractivity contribution in [3.63, 3.8) is 0 Å². The number of aryl methyl sites for hydroxylation is 2. The Morgan fingerprint density at radius 3 is 2.50 bits per heavy atom. The van der Waals surface area contributed by atoms with Crippen LogP contribution in [0.15, 0.2) is 24.3 Å². The second kappa shape index (κ2) is 4.00. The van der Waals surface area contributed by atoms with E-state index in [1.54, 1.807) is 0 Å². The molecule has 0 amide bonds. The summed E-state index contributed by atoms with van der Waals surface area (Å²) >= 11 is 0. The fraction of sp³-hybridized carbons (Fsp3) is 0.308. The van der Waals surface area contributed by atoms with E-state index in [4.69, 9.17) is 5.73 Å². The first-order valence-electron chi connectivity index (χ1n) is 5.41. The minimum absolute atomic E-state index is 0.584. The van der Waals surface area contributed by atoms with Gasteiger partial charge in [0.2, 0.25) is 0 Å². The van der Waals surface area contributed by atoms with E-state index in [9.17, 15) is 0 Å². The number of nitrogens with two attached hydrogens (primary N) is 1. The predicted molar refractivity (Wildman–Crippen MR) is 66.3 cm³/mol. The second-order valence-electron chi connectivity index (χ2n) is 4.16. The standard InChI is InChI=1S/C13H17N3/c1-9-6-4-5-7-11(9)8-12-10(2)15-13(14)16(12)3/h4-7H,8H2,1-3H3,(H2,14,15). The fourth-order valence-electron chi connectivity index (χ4n) is 1.93. The number of nitrogens with zero attached hydrogens (tertiary/aromatic N) is 2. The molecule has 0 radical (unpaired) electrons. The first kappa shape index (κ1) is 10.7. The van der Waals surface area contributed by atoms with Gasteiger partial charge < -0.3 is 10.3 Å². The van der Waals surface area contributed by atoms with Crippen molar-refractivity contribution in [3.8, 4) is 0 Å². The van der Waals surface area contributed by atoms with Crippen molar-refractivity contribution >= 4 is 5.95 Å². The molecule has 2 rings (SSSR count). The van der Waals surface area contributed by atoms with Crippen molar-refractivity contribution in [1.29, 1.82) is 0 Å². The minimum Gasteiger partial charge on any atom is -0.369 e. The molecule has 1 aromatic heterocycles. The Hall–Kier alpha value is -1.77.